The van der Waals surface area contributed by atoms with Crippen LogP contribution in [0.3, 0.4) is 0 Å². The number of nitrogens with two attached hydrogens (primary N) is 1. The molecule has 1 heterocycles. The van der Waals surface area contributed by atoms with Crippen LogP contribution in [0.4, 0.5) is 5.69 Å². The van der Waals surface area contributed by atoms with Gasteiger partial charge in [-0.2, -0.15) is 0 Å². The van der Waals surface area contributed by atoms with Crippen LogP contribution in [0.5, 0.6) is 5.75 Å². The molecule has 1 aromatic carbocycles. The Morgan fingerprint density at radius 1 is 1.27 bits per heavy atom. The fourth-order valence-corrected chi connectivity index (χ4v) is 2.63. The van der Waals surface area contributed by atoms with Crippen LogP contribution in [0.25, 0.3) is 0 Å². The van der Waals surface area contributed by atoms with E-state index in [2.05, 4.69) is 5.32 Å². The second-order valence-electron chi connectivity index (χ2n) is 5.51. The summed E-state index contributed by atoms with van der Waals surface area (Å²) in [6.45, 7) is 0.278. The van der Waals surface area contributed by atoms with Gasteiger partial charge < -0.3 is 20.2 Å². The molecule has 1 saturated carbocycles. The maximum Gasteiger partial charge on any atom is 0.258 e. The quantitative estimate of drug-likeness (QED) is 0.888. The van der Waals surface area contributed by atoms with E-state index >= 15 is 0 Å². The number of carbonyl (C=O) groups is 1. The first-order valence-electron chi connectivity index (χ1n) is 7.60. The average Bonchev–Trinajstić information content (AvgIpc) is 3.20. The number of rotatable bonds is 5. The molecule has 0 radical (unpaired) electrons. The standard InChI is InChI=1S/C17H20N2O3/c18-10-16-9-12(11-21-16)17(20)19-13-5-7-15(8-6-13)22-14-3-1-2-4-14/h5-9,11,14H,1-4,10,18H2,(H,19,20). The molecule has 22 heavy (non-hydrogen) atoms. The number of carbonyl (C=O) groups excluding carboxylic acids is 1. The highest BCUT2D eigenvalue weighted by Gasteiger charge is 2.16. The van der Waals surface area contributed by atoms with Gasteiger partial charge in [-0.05, 0) is 56.0 Å². The van der Waals surface area contributed by atoms with Crippen molar-refractivity contribution in [3.63, 3.8) is 0 Å². The molecule has 0 aliphatic heterocycles. The van der Waals surface area contributed by atoms with Gasteiger partial charge in [-0.25, -0.2) is 0 Å². The van der Waals surface area contributed by atoms with E-state index in [1.807, 2.05) is 24.3 Å². The fourth-order valence-electron chi connectivity index (χ4n) is 2.63. The summed E-state index contributed by atoms with van der Waals surface area (Å²) < 4.78 is 11.1. The van der Waals surface area contributed by atoms with E-state index in [0.29, 0.717) is 17.4 Å². The normalized spacial score (nSPS) is 15.0. The van der Waals surface area contributed by atoms with Crippen molar-refractivity contribution in [1.82, 2.24) is 0 Å². The van der Waals surface area contributed by atoms with Gasteiger partial charge in [-0.1, -0.05) is 0 Å². The fraction of sp³-hybridized carbons (Fsp3) is 0.353. The lowest BCUT2D eigenvalue weighted by Gasteiger charge is -2.13. The summed E-state index contributed by atoms with van der Waals surface area (Å²) in [5.41, 5.74) is 6.65. The molecule has 5 nitrogen and oxygen atoms in total. The second kappa shape index (κ2) is 6.66. The van der Waals surface area contributed by atoms with Gasteiger partial charge in [-0.15, -0.1) is 0 Å². The SMILES string of the molecule is NCc1cc(C(=O)Nc2ccc(OC3CCCC3)cc2)co1. The van der Waals surface area contributed by atoms with Crippen LogP contribution in [0.15, 0.2) is 41.0 Å². The Labute approximate surface area is 129 Å². The Hall–Kier alpha value is -2.27. The van der Waals surface area contributed by atoms with Crippen molar-refractivity contribution in [3.05, 3.63) is 47.9 Å². The van der Waals surface area contributed by atoms with Crippen molar-refractivity contribution in [1.29, 1.82) is 0 Å². The molecule has 0 bridgehead atoms. The summed E-state index contributed by atoms with van der Waals surface area (Å²) in [6, 6.07) is 9.09. The predicted molar refractivity (Wildman–Crippen MR) is 83.9 cm³/mol. The lowest BCUT2D eigenvalue weighted by atomic mass is 10.2. The van der Waals surface area contributed by atoms with Gasteiger partial charge in [0, 0.05) is 5.69 Å². The van der Waals surface area contributed by atoms with Gasteiger partial charge in [0.05, 0.1) is 18.2 Å². The molecule has 3 rings (SSSR count). The number of amides is 1. The van der Waals surface area contributed by atoms with Crippen LogP contribution in [-0.2, 0) is 6.54 Å². The highest BCUT2D eigenvalue weighted by Crippen LogP contribution is 2.25. The van der Waals surface area contributed by atoms with Crippen LogP contribution < -0.4 is 15.8 Å². The molecule has 3 N–H and O–H groups in total. The van der Waals surface area contributed by atoms with E-state index in [4.69, 9.17) is 14.9 Å². The molecule has 1 fully saturated rings. The highest BCUT2D eigenvalue weighted by atomic mass is 16.5. The number of hydrogen-bond donors (Lipinski definition) is 2. The number of nitrogens with one attached hydrogen (secondary N) is 1. The van der Waals surface area contributed by atoms with Crippen molar-refractivity contribution >= 4 is 11.6 Å². The Morgan fingerprint density at radius 3 is 2.64 bits per heavy atom. The smallest absolute Gasteiger partial charge is 0.258 e. The van der Waals surface area contributed by atoms with Crippen molar-refractivity contribution in [3.8, 4) is 5.75 Å². The third kappa shape index (κ3) is 3.49. The van der Waals surface area contributed by atoms with Crippen molar-refractivity contribution in [2.24, 2.45) is 5.73 Å². The first kappa shape index (κ1) is 14.7. The maximum atomic E-state index is 12.1. The number of benzene rings is 1. The molecule has 0 spiro atoms. The molecule has 5 heteroatoms. The molecule has 1 aromatic heterocycles. The number of furan rings is 1. The zero-order valence-corrected chi connectivity index (χ0v) is 12.4. The highest BCUT2D eigenvalue weighted by molar-refractivity contribution is 6.04. The second-order valence-corrected chi connectivity index (χ2v) is 5.51. The van der Waals surface area contributed by atoms with E-state index in [-0.39, 0.29) is 12.5 Å². The van der Waals surface area contributed by atoms with Crippen molar-refractivity contribution < 1.29 is 13.9 Å². The molecular formula is C17H20N2O3. The largest absolute Gasteiger partial charge is 0.490 e. The van der Waals surface area contributed by atoms with Crippen LogP contribution in [0, 0.1) is 0 Å². The molecule has 0 unspecified atom stereocenters. The first-order chi connectivity index (χ1) is 10.7. The van der Waals surface area contributed by atoms with Gasteiger partial charge >= 0.3 is 0 Å². The van der Waals surface area contributed by atoms with Crippen LogP contribution in [0.1, 0.15) is 41.8 Å². The summed E-state index contributed by atoms with van der Waals surface area (Å²) in [5, 5.41) is 2.82. The molecule has 0 atom stereocenters. The van der Waals surface area contributed by atoms with E-state index in [1.54, 1.807) is 6.07 Å². The summed E-state index contributed by atoms with van der Waals surface area (Å²) in [6.07, 6.45) is 6.49. The third-order valence-corrected chi connectivity index (χ3v) is 3.83. The summed E-state index contributed by atoms with van der Waals surface area (Å²) >= 11 is 0. The zero-order valence-electron chi connectivity index (χ0n) is 12.4. The van der Waals surface area contributed by atoms with Gasteiger partial charge in [-0.3, -0.25) is 4.79 Å². The summed E-state index contributed by atoms with van der Waals surface area (Å²) in [4.78, 5) is 12.1. The lowest BCUT2D eigenvalue weighted by molar-refractivity contribution is 0.102. The number of anilines is 1. The van der Waals surface area contributed by atoms with Crippen LogP contribution in [0.2, 0.25) is 0 Å². The van der Waals surface area contributed by atoms with Crippen molar-refractivity contribution in [2.75, 3.05) is 5.32 Å². The van der Waals surface area contributed by atoms with E-state index in [0.717, 1.165) is 24.3 Å². The van der Waals surface area contributed by atoms with Crippen molar-refractivity contribution in [2.45, 2.75) is 38.3 Å². The Bertz CT molecular complexity index is 628. The zero-order chi connectivity index (χ0) is 15.4. The minimum atomic E-state index is -0.215. The minimum absolute atomic E-state index is 0.215. The maximum absolute atomic E-state index is 12.1. The van der Waals surface area contributed by atoms with Gasteiger partial charge in [0.15, 0.2) is 0 Å². The van der Waals surface area contributed by atoms with E-state index < -0.39 is 0 Å². The average molecular weight is 300 g/mol. The van der Waals surface area contributed by atoms with Crippen LogP contribution in [-0.4, -0.2) is 12.0 Å². The summed E-state index contributed by atoms with van der Waals surface area (Å²) in [7, 11) is 0. The monoisotopic (exact) mass is 300 g/mol. The molecule has 1 amide bonds. The van der Waals surface area contributed by atoms with E-state index in [9.17, 15) is 4.79 Å². The third-order valence-electron chi connectivity index (χ3n) is 3.83. The van der Waals surface area contributed by atoms with Gasteiger partial charge in [0.2, 0.25) is 0 Å². The Morgan fingerprint density at radius 2 is 2.00 bits per heavy atom. The number of hydrogen-bond acceptors (Lipinski definition) is 4. The number of ether oxygens (including phenoxy) is 1. The minimum Gasteiger partial charge on any atom is -0.490 e. The molecule has 2 aromatic rings. The molecular weight excluding hydrogens is 280 g/mol. The van der Waals surface area contributed by atoms with Gasteiger partial charge in [0.1, 0.15) is 17.8 Å². The van der Waals surface area contributed by atoms with Gasteiger partial charge in [0.25, 0.3) is 5.91 Å². The molecule has 1 aliphatic rings. The topological polar surface area (TPSA) is 77.5 Å². The Balaban J connectivity index is 1.59. The van der Waals surface area contributed by atoms with E-state index in [1.165, 1.54) is 19.1 Å². The summed E-state index contributed by atoms with van der Waals surface area (Å²) in [5.74, 6) is 1.22. The predicted octanol–water partition coefficient (Wildman–Crippen LogP) is 3.31. The molecule has 1 aliphatic carbocycles. The first-order valence-corrected chi connectivity index (χ1v) is 7.60. The van der Waals surface area contributed by atoms with Crippen LogP contribution >= 0.6 is 0 Å². The lowest BCUT2D eigenvalue weighted by Crippen LogP contribution is -2.12. The molecule has 0 saturated heterocycles. The Kier molecular flexibility index (Phi) is 4.44. The molecule has 116 valence electrons.